The molecule has 0 aliphatic heterocycles. The van der Waals surface area contributed by atoms with E-state index < -0.39 is 5.97 Å². The van der Waals surface area contributed by atoms with Gasteiger partial charge in [0.1, 0.15) is 0 Å². The molecule has 0 saturated carbocycles. The van der Waals surface area contributed by atoms with Crippen LogP contribution in [0.5, 0.6) is 0 Å². The largest absolute Gasteiger partial charge is 0.478 e. The van der Waals surface area contributed by atoms with Crippen LogP contribution in [0.3, 0.4) is 0 Å². The number of anilines is 1. The zero-order valence-corrected chi connectivity index (χ0v) is 12.0. The van der Waals surface area contributed by atoms with Crippen molar-refractivity contribution in [2.24, 2.45) is 7.05 Å². The maximum Gasteiger partial charge on any atom is 0.335 e. The van der Waals surface area contributed by atoms with Gasteiger partial charge in [-0.25, -0.2) is 9.48 Å². The molecule has 2 N–H and O–H groups in total. The van der Waals surface area contributed by atoms with Crippen LogP contribution in [-0.4, -0.2) is 42.9 Å². The Morgan fingerprint density at radius 1 is 1.43 bits per heavy atom. The number of amides is 1. The summed E-state index contributed by atoms with van der Waals surface area (Å²) >= 11 is 1.37. The van der Waals surface area contributed by atoms with Crippen molar-refractivity contribution in [3.63, 3.8) is 0 Å². The molecular formula is C12H13N5O3S. The number of nitrogens with one attached hydrogen (secondary N) is 1. The maximum atomic E-state index is 11.8. The third-order valence-electron chi connectivity index (χ3n) is 2.53. The van der Waals surface area contributed by atoms with Crippen molar-refractivity contribution >= 4 is 29.3 Å². The SMILES string of the molecule is Cn1nnnc1SCCC(=O)Nc1cccc(C(=O)O)c1. The van der Waals surface area contributed by atoms with Crippen LogP contribution in [0.4, 0.5) is 5.69 Å². The highest BCUT2D eigenvalue weighted by Gasteiger charge is 2.08. The Morgan fingerprint density at radius 3 is 2.90 bits per heavy atom. The molecule has 8 nitrogen and oxygen atoms in total. The van der Waals surface area contributed by atoms with Gasteiger partial charge in [0.05, 0.1) is 5.56 Å². The number of tetrazole rings is 1. The van der Waals surface area contributed by atoms with Crippen molar-refractivity contribution < 1.29 is 14.7 Å². The number of aromatic nitrogens is 4. The molecule has 0 radical (unpaired) electrons. The number of hydrogen-bond donors (Lipinski definition) is 2. The highest BCUT2D eigenvalue weighted by Crippen LogP contribution is 2.15. The molecule has 0 spiro atoms. The molecule has 0 atom stereocenters. The lowest BCUT2D eigenvalue weighted by atomic mass is 10.2. The van der Waals surface area contributed by atoms with Gasteiger partial charge >= 0.3 is 5.97 Å². The molecule has 9 heteroatoms. The molecule has 0 unspecified atom stereocenters. The highest BCUT2D eigenvalue weighted by atomic mass is 32.2. The second-order valence-electron chi connectivity index (χ2n) is 4.12. The van der Waals surface area contributed by atoms with Crippen molar-refractivity contribution in [1.29, 1.82) is 0 Å². The quantitative estimate of drug-likeness (QED) is 0.767. The predicted molar refractivity (Wildman–Crippen MR) is 76.2 cm³/mol. The Labute approximate surface area is 124 Å². The van der Waals surface area contributed by atoms with Crippen LogP contribution in [0.2, 0.25) is 0 Å². The minimum atomic E-state index is -1.03. The summed E-state index contributed by atoms with van der Waals surface area (Å²) < 4.78 is 1.53. The van der Waals surface area contributed by atoms with Crippen molar-refractivity contribution in [3.8, 4) is 0 Å². The number of carbonyl (C=O) groups is 2. The summed E-state index contributed by atoms with van der Waals surface area (Å²) in [5.74, 6) is -0.699. The lowest BCUT2D eigenvalue weighted by Crippen LogP contribution is -2.12. The number of aryl methyl sites for hydroxylation is 1. The minimum Gasteiger partial charge on any atom is -0.478 e. The van der Waals surface area contributed by atoms with Gasteiger partial charge in [0.2, 0.25) is 11.1 Å². The summed E-state index contributed by atoms with van der Waals surface area (Å²) in [6.07, 6.45) is 0.273. The Hall–Kier alpha value is -2.42. The summed E-state index contributed by atoms with van der Waals surface area (Å²) in [4.78, 5) is 22.6. The Kier molecular flexibility index (Phi) is 4.88. The van der Waals surface area contributed by atoms with Crippen molar-refractivity contribution in [3.05, 3.63) is 29.8 Å². The first-order chi connectivity index (χ1) is 10.1. The Balaban J connectivity index is 1.83. The average molecular weight is 307 g/mol. The van der Waals surface area contributed by atoms with E-state index in [2.05, 4.69) is 20.8 Å². The molecule has 2 aromatic rings. The lowest BCUT2D eigenvalue weighted by Gasteiger charge is -2.05. The number of carboxylic acid groups (broad SMARTS) is 1. The molecule has 110 valence electrons. The van der Waals surface area contributed by atoms with Gasteiger partial charge in [0.15, 0.2) is 0 Å². The molecule has 0 fully saturated rings. The molecule has 0 bridgehead atoms. The zero-order valence-electron chi connectivity index (χ0n) is 11.2. The summed E-state index contributed by atoms with van der Waals surface area (Å²) in [7, 11) is 1.72. The average Bonchev–Trinajstić information content (AvgIpc) is 2.85. The van der Waals surface area contributed by atoms with Gasteiger partial charge in [0.25, 0.3) is 0 Å². The van der Waals surface area contributed by atoms with Gasteiger partial charge in [-0.15, -0.1) is 5.10 Å². The van der Waals surface area contributed by atoms with Crippen LogP contribution < -0.4 is 5.32 Å². The van der Waals surface area contributed by atoms with Crippen LogP contribution in [0, 0.1) is 0 Å². The van der Waals surface area contributed by atoms with Crippen LogP contribution >= 0.6 is 11.8 Å². The van der Waals surface area contributed by atoms with Gasteiger partial charge in [-0.1, -0.05) is 17.8 Å². The monoisotopic (exact) mass is 307 g/mol. The van der Waals surface area contributed by atoms with E-state index in [0.29, 0.717) is 16.6 Å². The predicted octanol–water partition coefficient (Wildman–Crippen LogP) is 1.03. The molecular weight excluding hydrogens is 294 g/mol. The number of carboxylic acids is 1. The van der Waals surface area contributed by atoms with E-state index in [1.807, 2.05) is 0 Å². The van der Waals surface area contributed by atoms with E-state index in [4.69, 9.17) is 5.11 Å². The van der Waals surface area contributed by atoms with Gasteiger partial charge in [0, 0.05) is 24.9 Å². The van der Waals surface area contributed by atoms with E-state index in [0.717, 1.165) is 0 Å². The smallest absolute Gasteiger partial charge is 0.335 e. The third kappa shape index (κ3) is 4.28. The number of hydrogen-bond acceptors (Lipinski definition) is 6. The fraction of sp³-hybridized carbons (Fsp3) is 0.250. The molecule has 0 saturated heterocycles. The Morgan fingerprint density at radius 2 is 2.24 bits per heavy atom. The topological polar surface area (TPSA) is 110 Å². The van der Waals surface area contributed by atoms with Crippen LogP contribution in [0.1, 0.15) is 16.8 Å². The molecule has 1 aromatic carbocycles. The lowest BCUT2D eigenvalue weighted by molar-refractivity contribution is -0.115. The van der Waals surface area contributed by atoms with E-state index in [1.165, 1.54) is 28.6 Å². The van der Waals surface area contributed by atoms with Crippen molar-refractivity contribution in [2.75, 3.05) is 11.1 Å². The van der Waals surface area contributed by atoms with Gasteiger partial charge in [-0.3, -0.25) is 4.79 Å². The van der Waals surface area contributed by atoms with Crippen molar-refractivity contribution in [2.45, 2.75) is 11.6 Å². The number of thioether (sulfide) groups is 1. The number of benzene rings is 1. The van der Waals surface area contributed by atoms with Gasteiger partial charge in [-0.2, -0.15) is 0 Å². The van der Waals surface area contributed by atoms with E-state index in [1.54, 1.807) is 19.2 Å². The fourth-order valence-electron chi connectivity index (χ4n) is 1.53. The van der Waals surface area contributed by atoms with Crippen LogP contribution in [0.25, 0.3) is 0 Å². The van der Waals surface area contributed by atoms with Gasteiger partial charge < -0.3 is 10.4 Å². The summed E-state index contributed by atoms with van der Waals surface area (Å²) in [5, 5.41) is 23.2. The summed E-state index contributed by atoms with van der Waals surface area (Å²) in [6, 6.07) is 6.11. The standard InChI is InChI=1S/C12H13N5O3S/c1-17-12(14-15-16-17)21-6-5-10(18)13-9-4-2-3-8(7-9)11(19)20/h2-4,7H,5-6H2,1H3,(H,13,18)(H,19,20). The second-order valence-corrected chi connectivity index (χ2v) is 5.18. The van der Waals surface area contributed by atoms with E-state index in [-0.39, 0.29) is 17.9 Å². The normalized spacial score (nSPS) is 10.3. The number of carbonyl (C=O) groups excluding carboxylic acids is 1. The van der Waals surface area contributed by atoms with Gasteiger partial charge in [-0.05, 0) is 28.6 Å². The second kappa shape index (κ2) is 6.84. The molecule has 1 amide bonds. The third-order valence-corrected chi connectivity index (χ3v) is 3.55. The van der Waals surface area contributed by atoms with Crippen LogP contribution in [-0.2, 0) is 11.8 Å². The zero-order chi connectivity index (χ0) is 15.2. The molecule has 21 heavy (non-hydrogen) atoms. The van der Waals surface area contributed by atoms with Crippen molar-refractivity contribution in [1.82, 2.24) is 20.2 Å². The van der Waals surface area contributed by atoms with E-state index >= 15 is 0 Å². The Bertz CT molecular complexity index is 658. The molecule has 1 heterocycles. The molecule has 0 aliphatic carbocycles. The highest BCUT2D eigenvalue weighted by molar-refractivity contribution is 7.99. The molecule has 1 aromatic heterocycles. The number of nitrogens with zero attached hydrogens (tertiary/aromatic N) is 4. The first-order valence-electron chi connectivity index (χ1n) is 6.04. The summed E-state index contributed by atoms with van der Waals surface area (Å²) in [6.45, 7) is 0. The number of rotatable bonds is 6. The number of aromatic carboxylic acids is 1. The first kappa shape index (κ1) is 15.0. The summed E-state index contributed by atoms with van der Waals surface area (Å²) in [5.41, 5.74) is 0.595. The molecule has 2 rings (SSSR count). The molecule has 0 aliphatic rings. The fourth-order valence-corrected chi connectivity index (χ4v) is 2.32. The van der Waals surface area contributed by atoms with Crippen LogP contribution in [0.15, 0.2) is 29.4 Å². The maximum absolute atomic E-state index is 11.8. The first-order valence-corrected chi connectivity index (χ1v) is 7.03. The minimum absolute atomic E-state index is 0.132. The van der Waals surface area contributed by atoms with E-state index in [9.17, 15) is 9.59 Å².